The molecule has 160 valence electrons. The van der Waals surface area contributed by atoms with Crippen LogP contribution in [0.1, 0.15) is 18.1 Å². The Labute approximate surface area is 191 Å². The van der Waals surface area contributed by atoms with Gasteiger partial charge in [0.05, 0.1) is 18.6 Å². The number of nitrogens with zero attached hydrogens (tertiary/aromatic N) is 1. The summed E-state index contributed by atoms with van der Waals surface area (Å²) in [6.45, 7) is 2.89. The summed E-state index contributed by atoms with van der Waals surface area (Å²) in [6, 6.07) is 22.8. The zero-order chi connectivity index (χ0) is 21.9. The van der Waals surface area contributed by atoms with Crippen molar-refractivity contribution in [3.63, 3.8) is 0 Å². The number of ether oxygens (including phenoxy) is 2. The zero-order valence-corrected chi connectivity index (χ0v) is 18.7. The van der Waals surface area contributed by atoms with Crippen molar-refractivity contribution in [2.24, 2.45) is 5.10 Å². The number of hydrogen-bond acceptors (Lipinski definition) is 5. The molecule has 3 aromatic rings. The van der Waals surface area contributed by atoms with Gasteiger partial charge in [-0.3, -0.25) is 4.79 Å². The Morgan fingerprint density at radius 1 is 1.03 bits per heavy atom. The van der Waals surface area contributed by atoms with Gasteiger partial charge in [-0.05, 0) is 60.5 Å². The summed E-state index contributed by atoms with van der Waals surface area (Å²) in [4.78, 5) is 13.0. The molecule has 0 spiro atoms. The first-order valence-electron chi connectivity index (χ1n) is 9.78. The molecular weight excluding hydrogens is 432 g/mol. The second-order valence-electron chi connectivity index (χ2n) is 6.45. The topological polar surface area (TPSA) is 59.9 Å². The van der Waals surface area contributed by atoms with Crippen molar-refractivity contribution in [3.8, 4) is 11.5 Å². The molecule has 7 heteroatoms. The molecule has 3 rings (SSSR count). The molecule has 0 saturated carbocycles. The maximum absolute atomic E-state index is 12.0. The highest BCUT2D eigenvalue weighted by atomic mass is 35.5. The monoisotopic (exact) mass is 454 g/mol. The van der Waals surface area contributed by atoms with Crippen LogP contribution in [-0.2, 0) is 11.4 Å². The van der Waals surface area contributed by atoms with Crippen LogP contribution in [0.25, 0.3) is 0 Å². The fraction of sp³-hybridized carbons (Fsp3) is 0.167. The molecule has 0 aliphatic heterocycles. The highest BCUT2D eigenvalue weighted by Crippen LogP contribution is 2.29. The molecule has 0 heterocycles. The summed E-state index contributed by atoms with van der Waals surface area (Å²) in [6.07, 6.45) is 1.58. The van der Waals surface area contributed by atoms with E-state index in [0.717, 1.165) is 16.0 Å². The molecule has 1 N–H and O–H groups in total. The number of hydrogen-bond donors (Lipinski definition) is 1. The minimum absolute atomic E-state index is 0.191. The number of carbonyl (C=O) groups excluding carboxylic acids is 1. The summed E-state index contributed by atoms with van der Waals surface area (Å²) in [5.74, 6) is 1.36. The molecule has 0 atom stereocenters. The normalized spacial score (nSPS) is 10.8. The lowest BCUT2D eigenvalue weighted by atomic mass is 10.2. The largest absolute Gasteiger partial charge is 0.490 e. The Bertz CT molecular complexity index is 1010. The molecule has 0 bridgehead atoms. The lowest BCUT2D eigenvalue weighted by Crippen LogP contribution is -2.19. The number of benzene rings is 3. The van der Waals surface area contributed by atoms with Crippen LogP contribution in [0, 0.1) is 0 Å². The molecule has 0 fully saturated rings. The zero-order valence-electron chi connectivity index (χ0n) is 17.1. The Balaban J connectivity index is 1.53. The van der Waals surface area contributed by atoms with Crippen molar-refractivity contribution in [1.82, 2.24) is 5.43 Å². The highest BCUT2D eigenvalue weighted by molar-refractivity contribution is 8.00. The number of hydrazone groups is 1. The van der Waals surface area contributed by atoms with E-state index in [2.05, 4.69) is 10.5 Å². The van der Waals surface area contributed by atoms with Crippen molar-refractivity contribution in [3.05, 3.63) is 88.9 Å². The van der Waals surface area contributed by atoms with Gasteiger partial charge in [0, 0.05) is 9.92 Å². The predicted octanol–water partition coefficient (Wildman–Crippen LogP) is 5.56. The molecular formula is C24H23ClN2O3S. The van der Waals surface area contributed by atoms with Gasteiger partial charge >= 0.3 is 0 Å². The third kappa shape index (κ3) is 7.66. The van der Waals surface area contributed by atoms with E-state index in [4.69, 9.17) is 21.1 Å². The minimum atomic E-state index is -0.191. The van der Waals surface area contributed by atoms with Crippen LogP contribution < -0.4 is 14.9 Å². The molecule has 0 aliphatic rings. The van der Waals surface area contributed by atoms with Gasteiger partial charge in [-0.1, -0.05) is 41.9 Å². The van der Waals surface area contributed by atoms with Gasteiger partial charge in [0.1, 0.15) is 6.61 Å². The predicted molar refractivity (Wildman–Crippen MR) is 126 cm³/mol. The molecule has 1 amide bonds. The van der Waals surface area contributed by atoms with Crippen LogP contribution in [0.3, 0.4) is 0 Å². The number of amides is 1. The van der Waals surface area contributed by atoms with Gasteiger partial charge in [-0.15, -0.1) is 11.8 Å². The quantitative estimate of drug-likeness (QED) is 0.247. The SMILES string of the molecule is CCOc1cc(C=NNC(=O)CSc2ccc(Cl)cc2)ccc1OCc1ccccc1. The van der Waals surface area contributed by atoms with E-state index in [1.807, 2.05) is 67.6 Å². The van der Waals surface area contributed by atoms with Gasteiger partial charge in [-0.2, -0.15) is 5.10 Å². The van der Waals surface area contributed by atoms with E-state index in [1.165, 1.54) is 11.8 Å². The number of carbonyl (C=O) groups is 1. The van der Waals surface area contributed by atoms with Crippen molar-refractivity contribution in [2.45, 2.75) is 18.4 Å². The van der Waals surface area contributed by atoms with Crippen molar-refractivity contribution in [1.29, 1.82) is 0 Å². The van der Waals surface area contributed by atoms with E-state index < -0.39 is 0 Å². The molecule has 0 radical (unpaired) electrons. The summed E-state index contributed by atoms with van der Waals surface area (Å²) in [5.41, 5.74) is 4.41. The molecule has 31 heavy (non-hydrogen) atoms. The van der Waals surface area contributed by atoms with Crippen molar-refractivity contribution in [2.75, 3.05) is 12.4 Å². The van der Waals surface area contributed by atoms with Crippen LogP contribution >= 0.6 is 23.4 Å². The average Bonchev–Trinajstić information content (AvgIpc) is 2.79. The molecule has 5 nitrogen and oxygen atoms in total. The second kappa shape index (κ2) is 12.0. The molecule has 0 saturated heterocycles. The van der Waals surface area contributed by atoms with Gasteiger partial charge in [0.2, 0.25) is 5.91 Å². The Hall–Kier alpha value is -2.96. The standard InChI is InChI=1S/C24H23ClN2O3S/c1-2-29-23-14-19(8-13-22(23)30-16-18-6-4-3-5-7-18)15-26-27-24(28)17-31-21-11-9-20(25)10-12-21/h3-15H,2,16-17H2,1H3,(H,27,28). The maximum atomic E-state index is 12.0. The lowest BCUT2D eigenvalue weighted by molar-refractivity contribution is -0.118. The van der Waals surface area contributed by atoms with Gasteiger partial charge < -0.3 is 9.47 Å². The molecule has 0 aromatic heterocycles. The van der Waals surface area contributed by atoms with E-state index >= 15 is 0 Å². The Morgan fingerprint density at radius 3 is 2.55 bits per heavy atom. The number of thioether (sulfide) groups is 1. The van der Waals surface area contributed by atoms with Crippen LogP contribution in [0.15, 0.2) is 82.8 Å². The summed E-state index contributed by atoms with van der Waals surface area (Å²) < 4.78 is 11.6. The number of nitrogens with one attached hydrogen (secondary N) is 1. The number of halogens is 1. The summed E-state index contributed by atoms with van der Waals surface area (Å²) >= 11 is 7.28. The smallest absolute Gasteiger partial charge is 0.250 e. The molecule has 0 unspecified atom stereocenters. The fourth-order valence-electron chi connectivity index (χ4n) is 2.62. The summed E-state index contributed by atoms with van der Waals surface area (Å²) in [7, 11) is 0. The average molecular weight is 455 g/mol. The first-order chi connectivity index (χ1) is 15.1. The van der Waals surface area contributed by atoms with E-state index in [-0.39, 0.29) is 11.7 Å². The van der Waals surface area contributed by atoms with Gasteiger partial charge in [0.25, 0.3) is 0 Å². The van der Waals surface area contributed by atoms with Crippen LogP contribution in [0.4, 0.5) is 0 Å². The van der Waals surface area contributed by atoms with Crippen molar-refractivity contribution >= 4 is 35.5 Å². The van der Waals surface area contributed by atoms with Crippen molar-refractivity contribution < 1.29 is 14.3 Å². The maximum Gasteiger partial charge on any atom is 0.250 e. The lowest BCUT2D eigenvalue weighted by Gasteiger charge is -2.12. The summed E-state index contributed by atoms with van der Waals surface area (Å²) in [5, 5.41) is 4.70. The van der Waals surface area contributed by atoms with Gasteiger partial charge in [-0.25, -0.2) is 5.43 Å². The minimum Gasteiger partial charge on any atom is -0.490 e. The third-order valence-electron chi connectivity index (χ3n) is 4.09. The second-order valence-corrected chi connectivity index (χ2v) is 7.93. The molecule has 0 aliphatic carbocycles. The Kier molecular flexibility index (Phi) is 8.82. The fourth-order valence-corrected chi connectivity index (χ4v) is 3.44. The molecule has 3 aromatic carbocycles. The van der Waals surface area contributed by atoms with Crippen LogP contribution in [0.5, 0.6) is 11.5 Å². The van der Waals surface area contributed by atoms with Gasteiger partial charge in [0.15, 0.2) is 11.5 Å². The first kappa shape index (κ1) is 22.7. The first-order valence-corrected chi connectivity index (χ1v) is 11.1. The number of rotatable bonds is 10. The highest BCUT2D eigenvalue weighted by Gasteiger charge is 2.07. The van der Waals surface area contributed by atoms with E-state index in [0.29, 0.717) is 29.7 Å². The van der Waals surface area contributed by atoms with E-state index in [1.54, 1.807) is 18.3 Å². The third-order valence-corrected chi connectivity index (χ3v) is 5.36. The van der Waals surface area contributed by atoms with E-state index in [9.17, 15) is 4.79 Å². The Morgan fingerprint density at radius 2 is 1.81 bits per heavy atom. The van der Waals surface area contributed by atoms with Crippen LogP contribution in [-0.4, -0.2) is 24.5 Å². The van der Waals surface area contributed by atoms with Crippen LogP contribution in [0.2, 0.25) is 5.02 Å².